The average molecular weight is 468 g/mol. The molecule has 2 aromatic heterocycles. The molecule has 0 bridgehead atoms. The van der Waals surface area contributed by atoms with Gasteiger partial charge in [0, 0.05) is 4.88 Å². The van der Waals surface area contributed by atoms with Crippen molar-refractivity contribution in [3.05, 3.63) is 69.1 Å². The van der Waals surface area contributed by atoms with Crippen molar-refractivity contribution in [2.75, 3.05) is 13.2 Å². The summed E-state index contributed by atoms with van der Waals surface area (Å²) in [6.45, 7) is 6.59. The zero-order valence-electron chi connectivity index (χ0n) is 18.2. The molecule has 2 aromatic carbocycles. The molecule has 2 N–H and O–H groups in total. The summed E-state index contributed by atoms with van der Waals surface area (Å²) < 4.78 is 5.77. The molecule has 8 heteroatoms. The molecule has 0 saturated heterocycles. The summed E-state index contributed by atoms with van der Waals surface area (Å²) in [7, 11) is 0. The summed E-state index contributed by atoms with van der Waals surface area (Å²) in [5, 5.41) is 5.58. The third-order valence-electron chi connectivity index (χ3n) is 5.32. The average Bonchev–Trinajstić information content (AvgIpc) is 3.08. The highest BCUT2D eigenvalue weighted by Gasteiger charge is 2.16. The van der Waals surface area contributed by atoms with E-state index in [9.17, 15) is 9.59 Å². The van der Waals surface area contributed by atoms with Crippen LogP contribution < -0.4 is 15.6 Å². The number of rotatable bonds is 8. The van der Waals surface area contributed by atoms with Crippen molar-refractivity contribution >= 4 is 50.0 Å². The van der Waals surface area contributed by atoms with E-state index in [1.165, 1.54) is 28.5 Å². The Balaban J connectivity index is 1.25. The molecule has 4 rings (SSSR count). The first-order chi connectivity index (χ1) is 15.4. The Labute approximate surface area is 194 Å². The molecular weight excluding hydrogens is 442 g/mol. The number of hydrogen-bond donors (Lipinski definition) is 2. The Morgan fingerprint density at radius 3 is 2.81 bits per heavy atom. The van der Waals surface area contributed by atoms with Crippen LogP contribution in [0.4, 0.5) is 0 Å². The van der Waals surface area contributed by atoms with Crippen LogP contribution in [-0.2, 0) is 10.5 Å². The van der Waals surface area contributed by atoms with E-state index in [-0.39, 0.29) is 16.7 Å². The first kappa shape index (κ1) is 22.4. The molecule has 0 aliphatic heterocycles. The lowest BCUT2D eigenvalue weighted by Crippen LogP contribution is -2.34. The second kappa shape index (κ2) is 9.75. The zero-order chi connectivity index (χ0) is 22.7. The SMILES string of the molecule is Cc1sc2nc(CSC(C)C(=O)NCCOc3ccc4ccccc4c3)[nH]c(=O)c2c1C. The summed E-state index contributed by atoms with van der Waals surface area (Å²) in [5.74, 6) is 1.77. The second-order valence-corrected chi connectivity index (χ2v) is 10.1. The number of amides is 1. The van der Waals surface area contributed by atoms with Crippen molar-refractivity contribution in [3.8, 4) is 5.75 Å². The fourth-order valence-electron chi connectivity index (χ4n) is 3.39. The van der Waals surface area contributed by atoms with Crippen LogP contribution in [0.15, 0.2) is 47.3 Å². The third-order valence-corrected chi connectivity index (χ3v) is 7.57. The molecule has 4 aromatic rings. The molecule has 6 nitrogen and oxygen atoms in total. The third kappa shape index (κ3) is 4.97. The van der Waals surface area contributed by atoms with E-state index in [0.29, 0.717) is 30.1 Å². The minimum absolute atomic E-state index is 0.0663. The summed E-state index contributed by atoms with van der Waals surface area (Å²) in [4.78, 5) is 34.1. The first-order valence-corrected chi connectivity index (χ1v) is 12.3. The molecule has 1 amide bonds. The maximum Gasteiger partial charge on any atom is 0.259 e. The maximum atomic E-state index is 12.4. The van der Waals surface area contributed by atoms with Crippen LogP contribution in [0.3, 0.4) is 0 Å². The van der Waals surface area contributed by atoms with Crippen molar-refractivity contribution in [3.63, 3.8) is 0 Å². The number of carbonyl (C=O) groups is 1. The highest BCUT2D eigenvalue weighted by atomic mass is 32.2. The highest BCUT2D eigenvalue weighted by molar-refractivity contribution is 7.99. The predicted molar refractivity (Wildman–Crippen MR) is 133 cm³/mol. The number of benzene rings is 2. The van der Waals surface area contributed by atoms with Crippen LogP contribution in [0.2, 0.25) is 0 Å². The van der Waals surface area contributed by atoms with Gasteiger partial charge in [-0.05, 0) is 49.2 Å². The van der Waals surface area contributed by atoms with Gasteiger partial charge in [-0.15, -0.1) is 23.1 Å². The molecule has 2 heterocycles. The summed E-state index contributed by atoms with van der Waals surface area (Å²) >= 11 is 2.97. The quantitative estimate of drug-likeness (QED) is 0.371. The van der Waals surface area contributed by atoms with Crippen LogP contribution >= 0.6 is 23.1 Å². The Bertz CT molecular complexity index is 1330. The van der Waals surface area contributed by atoms with E-state index in [1.54, 1.807) is 0 Å². The Hall–Kier alpha value is -2.84. The van der Waals surface area contributed by atoms with E-state index in [1.807, 2.05) is 57.2 Å². The Morgan fingerprint density at radius 1 is 1.22 bits per heavy atom. The number of aryl methyl sites for hydroxylation is 2. The number of thiophene rings is 1. The number of H-pyrrole nitrogens is 1. The van der Waals surface area contributed by atoms with E-state index >= 15 is 0 Å². The number of fused-ring (bicyclic) bond motifs is 2. The number of hydrogen-bond acceptors (Lipinski definition) is 6. The number of thioether (sulfide) groups is 1. The van der Waals surface area contributed by atoms with Gasteiger partial charge in [-0.2, -0.15) is 0 Å². The molecule has 32 heavy (non-hydrogen) atoms. The maximum absolute atomic E-state index is 12.4. The number of aromatic amines is 1. The lowest BCUT2D eigenvalue weighted by Gasteiger charge is -2.12. The van der Waals surface area contributed by atoms with E-state index < -0.39 is 0 Å². The fourth-order valence-corrected chi connectivity index (χ4v) is 5.22. The standard InChI is InChI=1S/C24H25N3O3S2/c1-14-15(2)32-24-21(14)23(29)26-20(27-24)13-31-16(3)22(28)25-10-11-30-19-9-8-17-6-4-5-7-18(17)12-19/h4-9,12,16H,10-11,13H2,1-3H3,(H,25,28)(H,26,27,29). The van der Waals surface area contributed by atoms with Gasteiger partial charge in [0.25, 0.3) is 5.56 Å². The molecule has 1 unspecified atom stereocenters. The van der Waals surface area contributed by atoms with Crippen LogP contribution in [-0.4, -0.2) is 34.3 Å². The first-order valence-electron chi connectivity index (χ1n) is 10.4. The molecule has 0 radical (unpaired) electrons. The number of nitrogens with zero attached hydrogens (tertiary/aromatic N) is 1. The van der Waals surface area contributed by atoms with Crippen LogP contribution in [0.1, 0.15) is 23.2 Å². The lowest BCUT2D eigenvalue weighted by molar-refractivity contribution is -0.120. The minimum atomic E-state index is -0.275. The minimum Gasteiger partial charge on any atom is -0.492 e. The van der Waals surface area contributed by atoms with E-state index in [4.69, 9.17) is 4.74 Å². The normalized spacial score (nSPS) is 12.2. The number of aromatic nitrogens is 2. The second-order valence-electron chi connectivity index (χ2n) is 7.58. The molecule has 0 aliphatic rings. The number of carbonyl (C=O) groups excluding carboxylic acids is 1. The summed E-state index contributed by atoms with van der Waals surface area (Å²) in [6, 6.07) is 14.1. The van der Waals surface area contributed by atoms with Crippen molar-refractivity contribution in [2.24, 2.45) is 0 Å². The van der Waals surface area contributed by atoms with Gasteiger partial charge in [-0.25, -0.2) is 4.98 Å². The summed E-state index contributed by atoms with van der Waals surface area (Å²) in [6.07, 6.45) is 0. The van der Waals surface area contributed by atoms with Gasteiger partial charge in [0.2, 0.25) is 5.91 Å². The van der Waals surface area contributed by atoms with E-state index in [0.717, 1.165) is 26.4 Å². The van der Waals surface area contributed by atoms with Gasteiger partial charge < -0.3 is 15.0 Å². The topological polar surface area (TPSA) is 84.1 Å². The Kier molecular flexibility index (Phi) is 6.81. The van der Waals surface area contributed by atoms with E-state index in [2.05, 4.69) is 21.4 Å². The van der Waals surface area contributed by atoms with Crippen molar-refractivity contribution in [1.29, 1.82) is 0 Å². The molecule has 166 valence electrons. The number of nitrogens with one attached hydrogen (secondary N) is 2. The van der Waals surface area contributed by atoms with Gasteiger partial charge >= 0.3 is 0 Å². The van der Waals surface area contributed by atoms with Crippen LogP contribution in [0.25, 0.3) is 21.0 Å². The molecular formula is C24H25N3O3S2. The largest absolute Gasteiger partial charge is 0.492 e. The molecule has 0 saturated carbocycles. The van der Waals surface area contributed by atoms with Crippen molar-refractivity contribution < 1.29 is 9.53 Å². The van der Waals surface area contributed by atoms with Gasteiger partial charge in [0.05, 0.1) is 22.9 Å². The number of ether oxygens (including phenoxy) is 1. The van der Waals surface area contributed by atoms with Crippen molar-refractivity contribution in [1.82, 2.24) is 15.3 Å². The lowest BCUT2D eigenvalue weighted by atomic mass is 10.1. The van der Waals surface area contributed by atoms with Crippen molar-refractivity contribution in [2.45, 2.75) is 31.8 Å². The highest BCUT2D eigenvalue weighted by Crippen LogP contribution is 2.26. The fraction of sp³-hybridized carbons (Fsp3) is 0.292. The molecule has 0 aliphatic carbocycles. The van der Waals surface area contributed by atoms with Gasteiger partial charge in [0.1, 0.15) is 23.0 Å². The van der Waals surface area contributed by atoms with Crippen LogP contribution in [0.5, 0.6) is 5.75 Å². The van der Waals surface area contributed by atoms with Gasteiger partial charge in [-0.3, -0.25) is 9.59 Å². The molecule has 0 spiro atoms. The van der Waals surface area contributed by atoms with Crippen LogP contribution in [0, 0.1) is 13.8 Å². The smallest absolute Gasteiger partial charge is 0.259 e. The summed E-state index contributed by atoms with van der Waals surface area (Å²) in [5.41, 5.74) is 0.868. The van der Waals surface area contributed by atoms with Gasteiger partial charge in [-0.1, -0.05) is 30.3 Å². The zero-order valence-corrected chi connectivity index (χ0v) is 19.9. The molecule has 1 atom stereocenters. The Morgan fingerprint density at radius 2 is 2.00 bits per heavy atom. The van der Waals surface area contributed by atoms with Gasteiger partial charge in [0.15, 0.2) is 0 Å². The monoisotopic (exact) mass is 467 g/mol. The predicted octanol–water partition coefficient (Wildman–Crippen LogP) is 4.57. The molecule has 0 fully saturated rings.